The molecule has 1 aromatic carbocycles. The van der Waals surface area contributed by atoms with E-state index in [9.17, 15) is 8.42 Å². The van der Waals surface area contributed by atoms with Gasteiger partial charge in [0.25, 0.3) is 0 Å². The number of aromatic nitrogens is 1. The minimum atomic E-state index is -3.28. The van der Waals surface area contributed by atoms with Crippen molar-refractivity contribution in [3.05, 3.63) is 47.7 Å². The molecule has 0 atom stereocenters. The van der Waals surface area contributed by atoms with Crippen molar-refractivity contribution in [3.8, 4) is 0 Å². The van der Waals surface area contributed by atoms with Gasteiger partial charge in [0.2, 0.25) is 10.0 Å². The lowest BCUT2D eigenvalue weighted by Gasteiger charge is -2.11. The Kier molecular flexibility index (Phi) is 5.03. The summed E-state index contributed by atoms with van der Waals surface area (Å²) < 4.78 is 25.9. The third-order valence-corrected chi connectivity index (χ3v) is 4.87. The van der Waals surface area contributed by atoms with Gasteiger partial charge in [0.15, 0.2) is 0 Å². The standard InChI is InChI=1S/C16H21N3O2S/c1-4-10-22(20,21)19-14-8-9-16(17-11-14)18-15-7-5-6-12(2)13(15)3/h5-9,11,19H,4,10H2,1-3H3,(H,17,18). The van der Waals surface area contributed by atoms with Gasteiger partial charge in [0, 0.05) is 5.69 Å². The lowest BCUT2D eigenvalue weighted by atomic mass is 10.1. The molecule has 2 rings (SSSR count). The second kappa shape index (κ2) is 6.79. The molecule has 0 spiro atoms. The number of nitrogens with zero attached hydrogens (tertiary/aromatic N) is 1. The third kappa shape index (κ3) is 4.21. The first kappa shape index (κ1) is 16.3. The number of rotatable bonds is 6. The topological polar surface area (TPSA) is 71.1 Å². The van der Waals surface area contributed by atoms with E-state index in [1.165, 1.54) is 11.8 Å². The van der Waals surface area contributed by atoms with Crippen molar-refractivity contribution < 1.29 is 8.42 Å². The van der Waals surface area contributed by atoms with Crippen LogP contribution in [0.2, 0.25) is 0 Å². The second-order valence-electron chi connectivity index (χ2n) is 5.23. The average molecular weight is 319 g/mol. The van der Waals surface area contributed by atoms with Gasteiger partial charge in [-0.2, -0.15) is 0 Å². The van der Waals surface area contributed by atoms with E-state index in [1.807, 2.05) is 26.0 Å². The molecule has 0 amide bonds. The maximum Gasteiger partial charge on any atom is 0.232 e. The maximum atomic E-state index is 11.7. The Balaban J connectivity index is 2.11. The normalized spacial score (nSPS) is 11.2. The number of pyridine rings is 1. The highest BCUT2D eigenvalue weighted by Gasteiger charge is 2.09. The molecular formula is C16H21N3O2S. The summed E-state index contributed by atoms with van der Waals surface area (Å²) in [6, 6.07) is 9.48. The van der Waals surface area contributed by atoms with E-state index in [-0.39, 0.29) is 5.75 Å². The summed E-state index contributed by atoms with van der Waals surface area (Å²) in [6.45, 7) is 5.93. The molecule has 0 aliphatic rings. The lowest BCUT2D eigenvalue weighted by molar-refractivity contribution is 0.600. The first-order chi connectivity index (χ1) is 10.4. The number of anilines is 3. The van der Waals surface area contributed by atoms with Crippen molar-refractivity contribution in [2.24, 2.45) is 0 Å². The monoisotopic (exact) mass is 319 g/mol. The van der Waals surface area contributed by atoms with Crippen molar-refractivity contribution in [2.75, 3.05) is 15.8 Å². The van der Waals surface area contributed by atoms with Gasteiger partial charge in [0.1, 0.15) is 5.82 Å². The third-order valence-electron chi connectivity index (χ3n) is 3.38. The summed E-state index contributed by atoms with van der Waals surface area (Å²) in [5, 5.41) is 3.24. The zero-order chi connectivity index (χ0) is 16.2. The lowest BCUT2D eigenvalue weighted by Crippen LogP contribution is -2.16. The van der Waals surface area contributed by atoms with Crippen molar-refractivity contribution >= 4 is 27.2 Å². The Labute approximate surface area is 131 Å². The van der Waals surface area contributed by atoms with Gasteiger partial charge in [-0.3, -0.25) is 4.72 Å². The van der Waals surface area contributed by atoms with Crippen LogP contribution in [-0.2, 0) is 10.0 Å². The number of nitrogens with one attached hydrogen (secondary N) is 2. The average Bonchev–Trinajstić information content (AvgIpc) is 2.45. The van der Waals surface area contributed by atoms with Crippen molar-refractivity contribution in [1.29, 1.82) is 0 Å². The second-order valence-corrected chi connectivity index (χ2v) is 7.07. The van der Waals surface area contributed by atoms with E-state index < -0.39 is 10.0 Å². The highest BCUT2D eigenvalue weighted by Crippen LogP contribution is 2.22. The van der Waals surface area contributed by atoms with E-state index in [2.05, 4.69) is 28.0 Å². The minimum Gasteiger partial charge on any atom is -0.340 e. The van der Waals surface area contributed by atoms with E-state index in [0.717, 1.165) is 11.3 Å². The van der Waals surface area contributed by atoms with Gasteiger partial charge < -0.3 is 5.32 Å². The molecule has 0 saturated carbocycles. The fourth-order valence-electron chi connectivity index (χ4n) is 2.05. The Hall–Kier alpha value is -2.08. The van der Waals surface area contributed by atoms with Gasteiger partial charge in [-0.25, -0.2) is 13.4 Å². The number of hydrogen-bond acceptors (Lipinski definition) is 4. The maximum absolute atomic E-state index is 11.7. The summed E-state index contributed by atoms with van der Waals surface area (Å²) in [7, 11) is -3.28. The smallest absolute Gasteiger partial charge is 0.232 e. The number of benzene rings is 1. The van der Waals surface area contributed by atoms with Crippen LogP contribution in [0.3, 0.4) is 0 Å². The molecule has 0 fully saturated rings. The predicted molar refractivity (Wildman–Crippen MR) is 91.1 cm³/mol. The van der Waals surface area contributed by atoms with Crippen LogP contribution >= 0.6 is 0 Å². The molecule has 2 aromatic rings. The fourth-order valence-corrected chi connectivity index (χ4v) is 3.17. The van der Waals surface area contributed by atoms with Gasteiger partial charge >= 0.3 is 0 Å². The van der Waals surface area contributed by atoms with Crippen molar-refractivity contribution in [1.82, 2.24) is 4.98 Å². The van der Waals surface area contributed by atoms with E-state index >= 15 is 0 Å². The van der Waals surface area contributed by atoms with Crippen LogP contribution in [0.25, 0.3) is 0 Å². The van der Waals surface area contributed by atoms with Gasteiger partial charge in [-0.1, -0.05) is 19.1 Å². The molecule has 6 heteroatoms. The molecule has 2 N–H and O–H groups in total. The SMILES string of the molecule is CCCS(=O)(=O)Nc1ccc(Nc2cccc(C)c2C)nc1. The van der Waals surface area contributed by atoms with Crippen molar-refractivity contribution in [2.45, 2.75) is 27.2 Å². The molecule has 118 valence electrons. The summed E-state index contributed by atoms with van der Waals surface area (Å²) in [5.41, 5.74) is 3.83. The van der Waals surface area contributed by atoms with Crippen LogP contribution in [0.4, 0.5) is 17.2 Å². The van der Waals surface area contributed by atoms with Crippen LogP contribution in [0.1, 0.15) is 24.5 Å². The molecule has 0 radical (unpaired) electrons. The van der Waals surface area contributed by atoms with Crippen LogP contribution in [-0.4, -0.2) is 19.2 Å². The van der Waals surface area contributed by atoms with E-state index in [4.69, 9.17) is 0 Å². The molecule has 1 heterocycles. The summed E-state index contributed by atoms with van der Waals surface area (Å²) in [4.78, 5) is 4.25. The summed E-state index contributed by atoms with van der Waals surface area (Å²) in [6.07, 6.45) is 2.09. The number of hydrogen-bond donors (Lipinski definition) is 2. The fraction of sp³-hybridized carbons (Fsp3) is 0.312. The van der Waals surface area contributed by atoms with E-state index in [0.29, 0.717) is 17.9 Å². The zero-order valence-electron chi connectivity index (χ0n) is 13.1. The van der Waals surface area contributed by atoms with Crippen LogP contribution in [0.15, 0.2) is 36.5 Å². The highest BCUT2D eigenvalue weighted by atomic mass is 32.2. The molecule has 22 heavy (non-hydrogen) atoms. The first-order valence-electron chi connectivity index (χ1n) is 7.21. The molecule has 0 saturated heterocycles. The summed E-state index contributed by atoms with van der Waals surface area (Å²) >= 11 is 0. The molecule has 5 nitrogen and oxygen atoms in total. The van der Waals surface area contributed by atoms with Crippen molar-refractivity contribution in [3.63, 3.8) is 0 Å². The summed E-state index contributed by atoms with van der Waals surface area (Å²) in [5.74, 6) is 0.780. The zero-order valence-corrected chi connectivity index (χ0v) is 13.9. The Morgan fingerprint density at radius 3 is 2.55 bits per heavy atom. The predicted octanol–water partition coefficient (Wildman–Crippen LogP) is 3.59. The molecule has 0 aliphatic heterocycles. The van der Waals surface area contributed by atoms with Crippen LogP contribution < -0.4 is 10.0 Å². The highest BCUT2D eigenvalue weighted by molar-refractivity contribution is 7.92. The van der Waals surface area contributed by atoms with Gasteiger partial charge in [-0.15, -0.1) is 0 Å². The molecular weight excluding hydrogens is 298 g/mol. The Morgan fingerprint density at radius 2 is 1.91 bits per heavy atom. The van der Waals surface area contributed by atoms with Gasteiger partial charge in [-0.05, 0) is 49.6 Å². The Bertz CT molecular complexity index is 740. The molecule has 0 aliphatic carbocycles. The number of sulfonamides is 1. The van der Waals surface area contributed by atoms with Gasteiger partial charge in [0.05, 0.1) is 17.6 Å². The minimum absolute atomic E-state index is 0.107. The Morgan fingerprint density at radius 1 is 1.14 bits per heavy atom. The quantitative estimate of drug-likeness (QED) is 0.853. The molecule has 0 unspecified atom stereocenters. The van der Waals surface area contributed by atoms with Crippen LogP contribution in [0, 0.1) is 13.8 Å². The largest absolute Gasteiger partial charge is 0.340 e. The molecule has 0 bridgehead atoms. The van der Waals surface area contributed by atoms with Crippen LogP contribution in [0.5, 0.6) is 0 Å². The first-order valence-corrected chi connectivity index (χ1v) is 8.86. The number of aryl methyl sites for hydroxylation is 1. The van der Waals surface area contributed by atoms with E-state index in [1.54, 1.807) is 12.1 Å². The molecule has 1 aromatic heterocycles.